The molecule has 2 aliphatic heterocycles. The molecule has 2 rings (SSSR count). The van der Waals surface area contributed by atoms with E-state index in [9.17, 15) is 13.2 Å². The van der Waals surface area contributed by atoms with Crippen molar-refractivity contribution in [3.8, 4) is 0 Å². The number of amides is 1. The van der Waals surface area contributed by atoms with Crippen molar-refractivity contribution in [2.24, 2.45) is 17.4 Å². The predicted octanol–water partition coefficient (Wildman–Crippen LogP) is -0.480. The lowest BCUT2D eigenvalue weighted by molar-refractivity contribution is -0.138. The van der Waals surface area contributed by atoms with Crippen LogP contribution in [-0.2, 0) is 15.0 Å². The molecule has 1 amide bonds. The second-order valence-corrected chi connectivity index (χ2v) is 9.86. The fraction of sp³-hybridized carbons (Fsp3) is 0.632. The molecule has 0 aromatic heterocycles. The van der Waals surface area contributed by atoms with Gasteiger partial charge >= 0.3 is 0 Å². The zero-order chi connectivity index (χ0) is 21.6. The predicted molar refractivity (Wildman–Crippen MR) is 115 cm³/mol. The SMILES string of the molecule is C=C(N)/C=C(\C=C/N)CN1CCC(C(=O)N2CCN(S(=O)(=O)N(C)C)CC2)CC1. The number of hydrogen-bond donors (Lipinski definition) is 2. The van der Waals surface area contributed by atoms with E-state index in [4.69, 9.17) is 11.5 Å². The Morgan fingerprint density at radius 2 is 1.72 bits per heavy atom. The third kappa shape index (κ3) is 6.30. The fourth-order valence-electron chi connectivity index (χ4n) is 3.73. The van der Waals surface area contributed by atoms with E-state index in [1.54, 1.807) is 0 Å². The number of nitrogens with two attached hydrogens (primary N) is 2. The van der Waals surface area contributed by atoms with Crippen molar-refractivity contribution >= 4 is 16.1 Å². The van der Waals surface area contributed by atoms with Crippen LogP contribution >= 0.6 is 0 Å². The molecule has 0 aliphatic carbocycles. The largest absolute Gasteiger partial charge is 0.405 e. The first-order valence-corrected chi connectivity index (χ1v) is 11.3. The first-order chi connectivity index (χ1) is 13.6. The van der Waals surface area contributed by atoms with Crippen LogP contribution in [0.1, 0.15) is 12.8 Å². The molecule has 0 radical (unpaired) electrons. The van der Waals surface area contributed by atoms with E-state index in [1.165, 1.54) is 28.9 Å². The van der Waals surface area contributed by atoms with Gasteiger partial charge in [0.25, 0.3) is 10.2 Å². The molecular formula is C19H34N6O3S. The summed E-state index contributed by atoms with van der Waals surface area (Å²) in [4.78, 5) is 17.0. The van der Waals surface area contributed by atoms with Gasteiger partial charge in [-0.25, -0.2) is 0 Å². The van der Waals surface area contributed by atoms with Gasteiger partial charge in [-0.3, -0.25) is 9.69 Å². The van der Waals surface area contributed by atoms with Gasteiger partial charge in [-0.15, -0.1) is 0 Å². The van der Waals surface area contributed by atoms with Crippen LogP contribution < -0.4 is 11.5 Å². The fourth-order valence-corrected chi connectivity index (χ4v) is 4.82. The summed E-state index contributed by atoms with van der Waals surface area (Å²) in [5.74, 6) is 0.129. The smallest absolute Gasteiger partial charge is 0.281 e. The molecule has 0 unspecified atom stereocenters. The second kappa shape index (κ2) is 10.2. The third-order valence-electron chi connectivity index (χ3n) is 5.36. The minimum atomic E-state index is -3.42. The van der Waals surface area contributed by atoms with Gasteiger partial charge < -0.3 is 16.4 Å². The number of carbonyl (C=O) groups excluding carboxylic acids is 1. The number of nitrogens with zero attached hydrogens (tertiary/aromatic N) is 4. The monoisotopic (exact) mass is 426 g/mol. The van der Waals surface area contributed by atoms with Crippen molar-refractivity contribution in [1.29, 1.82) is 0 Å². The molecular weight excluding hydrogens is 392 g/mol. The van der Waals surface area contributed by atoms with E-state index in [2.05, 4.69) is 11.5 Å². The second-order valence-electron chi connectivity index (χ2n) is 7.72. The number of piperazine rings is 1. The van der Waals surface area contributed by atoms with Crippen LogP contribution in [0.15, 0.2) is 36.2 Å². The lowest BCUT2D eigenvalue weighted by Gasteiger charge is -2.38. The summed E-state index contributed by atoms with van der Waals surface area (Å²) in [5.41, 5.74) is 12.6. The van der Waals surface area contributed by atoms with Gasteiger partial charge in [-0.2, -0.15) is 17.0 Å². The summed E-state index contributed by atoms with van der Waals surface area (Å²) < 4.78 is 27.1. The molecule has 0 aromatic carbocycles. The van der Waals surface area contributed by atoms with Crippen LogP contribution in [0.5, 0.6) is 0 Å². The van der Waals surface area contributed by atoms with E-state index in [1.807, 2.05) is 17.1 Å². The van der Waals surface area contributed by atoms with Crippen LogP contribution in [0.4, 0.5) is 0 Å². The average Bonchev–Trinajstić information content (AvgIpc) is 2.67. The molecule has 10 heteroatoms. The molecule has 2 fully saturated rings. The van der Waals surface area contributed by atoms with Crippen LogP contribution in [0.2, 0.25) is 0 Å². The molecule has 29 heavy (non-hydrogen) atoms. The summed E-state index contributed by atoms with van der Waals surface area (Å²) >= 11 is 0. The molecule has 4 N–H and O–H groups in total. The minimum absolute atomic E-state index is 0.00906. The number of allylic oxidation sites excluding steroid dienone is 1. The maximum atomic E-state index is 12.9. The number of carbonyl (C=O) groups is 1. The molecule has 2 saturated heterocycles. The highest BCUT2D eigenvalue weighted by Gasteiger charge is 2.33. The van der Waals surface area contributed by atoms with Crippen LogP contribution in [-0.4, -0.2) is 92.6 Å². The zero-order valence-electron chi connectivity index (χ0n) is 17.5. The topological polar surface area (TPSA) is 116 Å². The molecule has 2 aliphatic rings. The Hall–Kier alpha value is -1.88. The molecule has 0 atom stereocenters. The summed E-state index contributed by atoms with van der Waals surface area (Å²) in [5, 5.41) is 0. The average molecular weight is 427 g/mol. The molecule has 0 aromatic rings. The van der Waals surface area contributed by atoms with Crippen LogP contribution in [0.25, 0.3) is 0 Å². The molecule has 164 valence electrons. The Bertz CT molecular complexity index is 746. The molecule has 0 saturated carbocycles. The summed E-state index contributed by atoms with van der Waals surface area (Å²) in [6.07, 6.45) is 6.69. The highest BCUT2D eigenvalue weighted by molar-refractivity contribution is 7.86. The van der Waals surface area contributed by atoms with Crippen molar-refractivity contribution in [2.45, 2.75) is 12.8 Å². The summed E-state index contributed by atoms with van der Waals surface area (Å²) in [6.45, 7) is 7.62. The number of piperidine rings is 1. The first-order valence-electron chi connectivity index (χ1n) is 9.87. The highest BCUT2D eigenvalue weighted by atomic mass is 32.2. The standard InChI is InChI=1S/C19H34N6O3S/c1-16(21)14-17(4-7-20)15-23-8-5-18(6-9-23)19(26)24-10-12-25(13-11-24)29(27,28)22(2)3/h4,7,14,18H,1,5-6,8-13,15,20-21H2,2-3H3/b7-4-,17-14+. The minimum Gasteiger partial charge on any atom is -0.405 e. The molecule has 0 spiro atoms. The summed E-state index contributed by atoms with van der Waals surface area (Å²) in [6, 6.07) is 0. The van der Waals surface area contributed by atoms with Crippen molar-refractivity contribution < 1.29 is 13.2 Å². The number of rotatable bonds is 7. The van der Waals surface area contributed by atoms with Gasteiger partial charge in [-0.1, -0.05) is 6.58 Å². The van der Waals surface area contributed by atoms with Crippen molar-refractivity contribution in [2.75, 3.05) is 59.9 Å². The third-order valence-corrected chi connectivity index (χ3v) is 7.30. The van der Waals surface area contributed by atoms with Gasteiger partial charge in [-0.05, 0) is 49.9 Å². The first kappa shape index (κ1) is 23.4. The van der Waals surface area contributed by atoms with E-state index >= 15 is 0 Å². The maximum Gasteiger partial charge on any atom is 0.281 e. The lowest BCUT2D eigenvalue weighted by atomic mass is 9.94. The van der Waals surface area contributed by atoms with Crippen molar-refractivity contribution in [3.05, 3.63) is 36.2 Å². The van der Waals surface area contributed by atoms with Crippen molar-refractivity contribution in [3.63, 3.8) is 0 Å². The van der Waals surface area contributed by atoms with Crippen LogP contribution in [0.3, 0.4) is 0 Å². The molecule has 9 nitrogen and oxygen atoms in total. The number of hydrogen-bond acceptors (Lipinski definition) is 6. The molecule has 0 bridgehead atoms. The zero-order valence-corrected chi connectivity index (χ0v) is 18.3. The number of likely N-dealkylation sites (tertiary alicyclic amines) is 1. The Morgan fingerprint density at radius 3 is 2.21 bits per heavy atom. The molecule has 2 heterocycles. The summed E-state index contributed by atoms with van der Waals surface area (Å²) in [7, 11) is -0.376. The highest BCUT2D eigenvalue weighted by Crippen LogP contribution is 2.22. The van der Waals surface area contributed by atoms with E-state index < -0.39 is 10.2 Å². The Kier molecular flexibility index (Phi) is 8.26. The van der Waals surface area contributed by atoms with Crippen LogP contribution in [0, 0.1) is 5.92 Å². The maximum absolute atomic E-state index is 12.9. The van der Waals surface area contributed by atoms with Gasteiger partial charge in [0.05, 0.1) is 0 Å². The normalized spacial score (nSPS) is 21.2. The van der Waals surface area contributed by atoms with E-state index in [-0.39, 0.29) is 11.8 Å². The Balaban J connectivity index is 1.84. The van der Waals surface area contributed by atoms with E-state index in [0.717, 1.165) is 31.5 Å². The van der Waals surface area contributed by atoms with Crippen molar-refractivity contribution in [1.82, 2.24) is 18.4 Å². The van der Waals surface area contributed by atoms with E-state index in [0.29, 0.717) is 38.4 Å². The van der Waals surface area contributed by atoms with Gasteiger partial charge in [0.15, 0.2) is 0 Å². The Labute approximate surface area is 174 Å². The van der Waals surface area contributed by atoms with Gasteiger partial charge in [0, 0.05) is 58.4 Å². The van der Waals surface area contributed by atoms with Gasteiger partial charge in [0.1, 0.15) is 0 Å². The lowest BCUT2D eigenvalue weighted by Crippen LogP contribution is -2.54. The van der Waals surface area contributed by atoms with Gasteiger partial charge in [0.2, 0.25) is 5.91 Å². The Morgan fingerprint density at radius 1 is 1.14 bits per heavy atom. The quantitative estimate of drug-likeness (QED) is 0.531.